The van der Waals surface area contributed by atoms with Gasteiger partial charge in [-0.2, -0.15) is 4.98 Å². The Labute approximate surface area is 126 Å². The number of hydrogen-bond donors (Lipinski definition) is 1. The zero-order chi connectivity index (χ0) is 12.3. The molecule has 0 unspecified atom stereocenters. The van der Waals surface area contributed by atoms with Gasteiger partial charge in [-0.3, -0.25) is 9.80 Å². The van der Waals surface area contributed by atoms with Gasteiger partial charge in [-0.1, -0.05) is 5.16 Å². The van der Waals surface area contributed by atoms with E-state index < -0.39 is 0 Å². The third-order valence-electron chi connectivity index (χ3n) is 3.19. The highest BCUT2D eigenvalue weighted by atomic mass is 35.5. The van der Waals surface area contributed by atoms with E-state index in [1.165, 1.54) is 0 Å². The van der Waals surface area contributed by atoms with Crippen LogP contribution in [0, 0.1) is 0 Å². The maximum absolute atomic E-state index is 5.43. The molecule has 2 N–H and O–H groups in total. The minimum Gasteiger partial charge on any atom is -0.338 e. The van der Waals surface area contributed by atoms with Gasteiger partial charge in [0.05, 0.1) is 13.1 Å². The first-order valence-electron chi connectivity index (χ1n) is 6.17. The molecule has 1 aromatic rings. The molecular formula is C11H23Cl2N5O. The van der Waals surface area contributed by atoms with Crippen molar-refractivity contribution in [2.75, 3.05) is 26.2 Å². The maximum atomic E-state index is 5.43. The molecule has 112 valence electrons. The second-order valence-electron chi connectivity index (χ2n) is 4.71. The third kappa shape index (κ3) is 5.24. The van der Waals surface area contributed by atoms with Crippen LogP contribution in [0.25, 0.3) is 0 Å². The molecule has 0 aliphatic carbocycles. The quantitative estimate of drug-likeness (QED) is 0.890. The fourth-order valence-electron chi connectivity index (χ4n) is 2.08. The predicted octanol–water partition coefficient (Wildman–Crippen LogP) is 0.898. The molecular weight excluding hydrogens is 289 g/mol. The van der Waals surface area contributed by atoms with E-state index in [0.717, 1.165) is 38.5 Å². The van der Waals surface area contributed by atoms with Crippen molar-refractivity contribution in [2.24, 2.45) is 5.73 Å². The van der Waals surface area contributed by atoms with Gasteiger partial charge >= 0.3 is 0 Å². The van der Waals surface area contributed by atoms with Crippen molar-refractivity contribution in [3.05, 3.63) is 11.7 Å². The summed E-state index contributed by atoms with van der Waals surface area (Å²) in [6.45, 7) is 9.89. The van der Waals surface area contributed by atoms with Gasteiger partial charge in [0.2, 0.25) is 5.89 Å². The average Bonchev–Trinajstić information content (AvgIpc) is 2.77. The van der Waals surface area contributed by atoms with E-state index >= 15 is 0 Å². The lowest BCUT2D eigenvalue weighted by atomic mass is 10.2. The van der Waals surface area contributed by atoms with E-state index in [9.17, 15) is 0 Å². The summed E-state index contributed by atoms with van der Waals surface area (Å²) >= 11 is 0. The lowest BCUT2D eigenvalue weighted by Gasteiger charge is -2.36. The summed E-state index contributed by atoms with van der Waals surface area (Å²) in [4.78, 5) is 9.05. The third-order valence-corrected chi connectivity index (χ3v) is 3.19. The monoisotopic (exact) mass is 311 g/mol. The van der Waals surface area contributed by atoms with Crippen LogP contribution in [0.1, 0.15) is 25.6 Å². The van der Waals surface area contributed by atoms with Crippen LogP contribution in [-0.4, -0.2) is 52.2 Å². The SMILES string of the molecule is CC(C)N1CCN(Cc2noc(CN)n2)CC1.Cl.Cl. The molecule has 1 fully saturated rings. The maximum Gasteiger partial charge on any atom is 0.240 e. The second-order valence-corrected chi connectivity index (χ2v) is 4.71. The van der Waals surface area contributed by atoms with Gasteiger partial charge in [0, 0.05) is 32.2 Å². The minimum absolute atomic E-state index is 0. The van der Waals surface area contributed by atoms with Crippen LogP contribution in [-0.2, 0) is 13.1 Å². The molecule has 0 saturated carbocycles. The molecule has 0 amide bonds. The Morgan fingerprint density at radius 1 is 1.21 bits per heavy atom. The van der Waals surface area contributed by atoms with Gasteiger partial charge in [-0.15, -0.1) is 24.8 Å². The van der Waals surface area contributed by atoms with Crippen molar-refractivity contribution < 1.29 is 4.52 Å². The van der Waals surface area contributed by atoms with E-state index in [0.29, 0.717) is 18.5 Å². The molecule has 0 radical (unpaired) electrons. The predicted molar refractivity (Wildman–Crippen MR) is 78.7 cm³/mol. The molecule has 1 aliphatic rings. The number of nitrogens with zero attached hydrogens (tertiary/aromatic N) is 4. The molecule has 19 heavy (non-hydrogen) atoms. The van der Waals surface area contributed by atoms with Crippen LogP contribution in [0.15, 0.2) is 4.52 Å². The van der Waals surface area contributed by atoms with Crippen molar-refractivity contribution in [1.82, 2.24) is 19.9 Å². The Kier molecular flexibility index (Phi) is 8.52. The number of hydrogen-bond acceptors (Lipinski definition) is 6. The molecule has 0 atom stereocenters. The summed E-state index contributed by atoms with van der Waals surface area (Å²) in [5, 5.41) is 3.91. The minimum atomic E-state index is 0. The molecule has 2 heterocycles. The van der Waals surface area contributed by atoms with Gasteiger partial charge in [0.25, 0.3) is 0 Å². The van der Waals surface area contributed by atoms with Gasteiger partial charge in [-0.05, 0) is 13.8 Å². The van der Waals surface area contributed by atoms with Crippen molar-refractivity contribution in [2.45, 2.75) is 33.0 Å². The molecule has 0 spiro atoms. The zero-order valence-electron chi connectivity index (χ0n) is 11.4. The largest absolute Gasteiger partial charge is 0.338 e. The zero-order valence-corrected chi connectivity index (χ0v) is 13.0. The normalized spacial score (nSPS) is 17.1. The Bertz CT molecular complexity index is 353. The van der Waals surface area contributed by atoms with E-state index in [1.54, 1.807) is 0 Å². The van der Waals surface area contributed by atoms with Crippen LogP contribution < -0.4 is 5.73 Å². The molecule has 2 rings (SSSR count). The van der Waals surface area contributed by atoms with Crippen LogP contribution in [0.5, 0.6) is 0 Å². The molecule has 1 aliphatic heterocycles. The molecule has 8 heteroatoms. The number of rotatable bonds is 4. The first-order valence-corrected chi connectivity index (χ1v) is 6.17. The summed E-state index contributed by atoms with van der Waals surface area (Å²) in [6, 6.07) is 0.631. The average molecular weight is 312 g/mol. The lowest BCUT2D eigenvalue weighted by molar-refractivity contribution is 0.102. The molecule has 0 bridgehead atoms. The highest BCUT2D eigenvalue weighted by molar-refractivity contribution is 5.85. The molecule has 1 aromatic heterocycles. The Hall–Kier alpha value is -0.400. The highest BCUT2D eigenvalue weighted by Gasteiger charge is 2.20. The van der Waals surface area contributed by atoms with E-state index in [1.807, 2.05) is 0 Å². The van der Waals surface area contributed by atoms with Gasteiger partial charge in [0.15, 0.2) is 5.82 Å². The van der Waals surface area contributed by atoms with Crippen molar-refractivity contribution in [1.29, 1.82) is 0 Å². The first-order chi connectivity index (χ1) is 8.19. The van der Waals surface area contributed by atoms with Crippen LogP contribution in [0.4, 0.5) is 0 Å². The summed E-state index contributed by atoms with van der Waals surface area (Å²) in [6.07, 6.45) is 0. The van der Waals surface area contributed by atoms with Crippen LogP contribution >= 0.6 is 24.8 Å². The smallest absolute Gasteiger partial charge is 0.240 e. The Morgan fingerprint density at radius 2 is 1.84 bits per heavy atom. The van der Waals surface area contributed by atoms with E-state index in [2.05, 4.69) is 33.8 Å². The molecule has 6 nitrogen and oxygen atoms in total. The number of aromatic nitrogens is 2. The molecule has 1 saturated heterocycles. The van der Waals surface area contributed by atoms with Crippen molar-refractivity contribution >= 4 is 24.8 Å². The number of nitrogens with two attached hydrogens (primary N) is 1. The van der Waals surface area contributed by atoms with Gasteiger partial charge in [-0.25, -0.2) is 0 Å². The molecule has 0 aromatic carbocycles. The summed E-state index contributed by atoms with van der Waals surface area (Å²) in [5.41, 5.74) is 5.43. The van der Waals surface area contributed by atoms with Gasteiger partial charge in [0.1, 0.15) is 0 Å². The number of halogens is 2. The van der Waals surface area contributed by atoms with Gasteiger partial charge < -0.3 is 10.3 Å². The topological polar surface area (TPSA) is 71.4 Å². The first kappa shape index (κ1) is 18.6. The van der Waals surface area contributed by atoms with Crippen molar-refractivity contribution in [3.63, 3.8) is 0 Å². The van der Waals surface area contributed by atoms with Crippen molar-refractivity contribution in [3.8, 4) is 0 Å². The Morgan fingerprint density at radius 3 is 2.32 bits per heavy atom. The summed E-state index contributed by atoms with van der Waals surface area (Å²) < 4.78 is 4.99. The van der Waals surface area contributed by atoms with Crippen LogP contribution in [0.2, 0.25) is 0 Å². The number of piperazine rings is 1. The summed E-state index contributed by atoms with van der Waals surface area (Å²) in [7, 11) is 0. The standard InChI is InChI=1S/C11H21N5O.2ClH/c1-9(2)16-5-3-15(4-6-16)8-10-13-11(7-12)17-14-10;;/h9H,3-8,12H2,1-2H3;2*1H. The fraction of sp³-hybridized carbons (Fsp3) is 0.818. The van der Waals surface area contributed by atoms with E-state index in [-0.39, 0.29) is 24.8 Å². The lowest BCUT2D eigenvalue weighted by Crippen LogP contribution is -2.48. The van der Waals surface area contributed by atoms with E-state index in [4.69, 9.17) is 10.3 Å². The van der Waals surface area contributed by atoms with Crippen LogP contribution in [0.3, 0.4) is 0 Å². The summed E-state index contributed by atoms with van der Waals surface area (Å²) in [5.74, 6) is 1.25. The second kappa shape index (κ2) is 8.71. The highest BCUT2D eigenvalue weighted by Crippen LogP contribution is 2.08. The fourth-order valence-corrected chi connectivity index (χ4v) is 2.08. The Balaban J connectivity index is 0.00000162.